The Hall–Kier alpha value is -2.03. The molecule has 3 heteroatoms. The first-order chi connectivity index (χ1) is 10.3. The van der Waals surface area contributed by atoms with Gasteiger partial charge in [-0.15, -0.1) is 0 Å². The van der Waals surface area contributed by atoms with Gasteiger partial charge in [0, 0.05) is 11.8 Å². The lowest BCUT2D eigenvalue weighted by atomic mass is 9.85. The highest BCUT2D eigenvalue weighted by Gasteiger charge is 2.23. The minimum atomic E-state index is -0.334. The van der Waals surface area contributed by atoms with Crippen LogP contribution in [0.2, 0.25) is 0 Å². The summed E-state index contributed by atoms with van der Waals surface area (Å²) < 4.78 is 26.7. The van der Waals surface area contributed by atoms with Crippen molar-refractivity contribution < 1.29 is 13.6 Å². The average molecular weight is 302 g/mol. The van der Waals surface area contributed by atoms with E-state index in [1.807, 2.05) is 13.8 Å². The van der Waals surface area contributed by atoms with Crippen molar-refractivity contribution in [1.82, 2.24) is 0 Å². The molecule has 1 nitrogen and oxygen atoms in total. The van der Waals surface area contributed by atoms with Crippen molar-refractivity contribution in [2.45, 2.75) is 39.5 Å². The van der Waals surface area contributed by atoms with Gasteiger partial charge in [-0.05, 0) is 48.2 Å². The second-order valence-corrected chi connectivity index (χ2v) is 5.86. The van der Waals surface area contributed by atoms with Crippen LogP contribution in [0.1, 0.15) is 47.9 Å². The molecule has 0 aromatic heterocycles. The Bertz CT molecular complexity index is 647. The monoisotopic (exact) mass is 302 g/mol. The maximum absolute atomic E-state index is 13.3. The van der Waals surface area contributed by atoms with Gasteiger partial charge in [-0.2, -0.15) is 0 Å². The molecule has 116 valence electrons. The highest BCUT2D eigenvalue weighted by atomic mass is 19.1. The molecular formula is C19H20F2O. The first-order valence-electron chi connectivity index (χ1n) is 7.37. The molecule has 0 fully saturated rings. The quantitative estimate of drug-likeness (QED) is 0.771. The summed E-state index contributed by atoms with van der Waals surface area (Å²) in [6.45, 7) is 7.01. The van der Waals surface area contributed by atoms with Gasteiger partial charge < -0.3 is 0 Å². The standard InChI is InChI=1S/C19H20F2O/c1-11-9-15(5-7-17(11)20)13(3)19(22)14(4)16-6-8-18(21)12(2)10-16/h5-10,13-14H,1-4H3. The number of carbonyl (C=O) groups excluding carboxylic acids is 1. The van der Waals surface area contributed by atoms with Crippen molar-refractivity contribution in [2.75, 3.05) is 0 Å². The molecular weight excluding hydrogens is 282 g/mol. The van der Waals surface area contributed by atoms with E-state index in [1.54, 1.807) is 38.1 Å². The van der Waals surface area contributed by atoms with Crippen LogP contribution in [-0.2, 0) is 4.79 Å². The molecule has 0 bridgehead atoms. The van der Waals surface area contributed by atoms with Gasteiger partial charge >= 0.3 is 0 Å². The van der Waals surface area contributed by atoms with Crippen LogP contribution in [0.3, 0.4) is 0 Å². The molecule has 0 radical (unpaired) electrons. The summed E-state index contributed by atoms with van der Waals surface area (Å²) in [5.41, 5.74) is 2.66. The summed E-state index contributed by atoms with van der Waals surface area (Å²) in [5, 5.41) is 0. The molecule has 2 aromatic carbocycles. The van der Waals surface area contributed by atoms with Crippen molar-refractivity contribution >= 4 is 5.78 Å². The van der Waals surface area contributed by atoms with Gasteiger partial charge in [0.1, 0.15) is 17.4 Å². The maximum Gasteiger partial charge on any atom is 0.147 e. The first-order valence-corrected chi connectivity index (χ1v) is 7.37. The zero-order chi connectivity index (χ0) is 16.4. The molecule has 0 saturated carbocycles. The van der Waals surface area contributed by atoms with Gasteiger partial charge in [0.25, 0.3) is 0 Å². The molecule has 0 N–H and O–H groups in total. The van der Waals surface area contributed by atoms with Crippen molar-refractivity contribution in [3.05, 3.63) is 70.3 Å². The molecule has 0 aliphatic heterocycles. The van der Waals surface area contributed by atoms with Crippen LogP contribution in [0.5, 0.6) is 0 Å². The molecule has 0 aliphatic rings. The van der Waals surface area contributed by atoms with E-state index >= 15 is 0 Å². The summed E-state index contributed by atoms with van der Waals surface area (Å²) in [5.74, 6) is -1.17. The molecule has 2 aromatic rings. The van der Waals surface area contributed by atoms with Crippen molar-refractivity contribution in [1.29, 1.82) is 0 Å². The fraction of sp³-hybridized carbons (Fsp3) is 0.316. The van der Waals surface area contributed by atoms with Crippen LogP contribution in [0.25, 0.3) is 0 Å². The summed E-state index contributed by atoms with van der Waals surface area (Å²) in [6.07, 6.45) is 0. The smallest absolute Gasteiger partial charge is 0.147 e. The van der Waals surface area contributed by atoms with E-state index in [9.17, 15) is 13.6 Å². The van der Waals surface area contributed by atoms with Crippen LogP contribution in [-0.4, -0.2) is 5.78 Å². The average Bonchev–Trinajstić information content (AvgIpc) is 2.50. The Morgan fingerprint density at radius 3 is 1.50 bits per heavy atom. The van der Waals surface area contributed by atoms with Crippen LogP contribution in [0.4, 0.5) is 8.78 Å². The Labute approximate surface area is 130 Å². The van der Waals surface area contributed by atoms with Crippen molar-refractivity contribution in [3.63, 3.8) is 0 Å². The minimum Gasteiger partial charge on any atom is -0.298 e. The summed E-state index contributed by atoms with van der Waals surface area (Å²) in [7, 11) is 0. The van der Waals surface area contributed by atoms with E-state index in [4.69, 9.17) is 0 Å². The molecule has 2 atom stereocenters. The van der Waals surface area contributed by atoms with E-state index in [0.29, 0.717) is 11.1 Å². The summed E-state index contributed by atoms with van der Waals surface area (Å²) in [6, 6.07) is 9.49. The fourth-order valence-corrected chi connectivity index (χ4v) is 2.58. The number of Topliss-reactive ketones (excluding diaryl/α,β-unsaturated/α-hetero) is 1. The number of aryl methyl sites for hydroxylation is 2. The second-order valence-electron chi connectivity index (χ2n) is 5.86. The van der Waals surface area contributed by atoms with Gasteiger partial charge in [0.05, 0.1) is 0 Å². The zero-order valence-electron chi connectivity index (χ0n) is 13.3. The van der Waals surface area contributed by atoms with Crippen LogP contribution < -0.4 is 0 Å². The summed E-state index contributed by atoms with van der Waals surface area (Å²) >= 11 is 0. The molecule has 2 rings (SSSR count). The molecule has 0 spiro atoms. The number of hydrogen-bond donors (Lipinski definition) is 0. The lowest BCUT2D eigenvalue weighted by Gasteiger charge is -2.18. The molecule has 0 amide bonds. The Morgan fingerprint density at radius 1 is 0.818 bits per heavy atom. The Balaban J connectivity index is 2.25. The Kier molecular flexibility index (Phi) is 4.74. The van der Waals surface area contributed by atoms with Crippen LogP contribution in [0.15, 0.2) is 36.4 Å². The van der Waals surface area contributed by atoms with Crippen molar-refractivity contribution in [3.8, 4) is 0 Å². The highest BCUT2D eigenvalue weighted by Crippen LogP contribution is 2.28. The third-order valence-electron chi connectivity index (χ3n) is 4.22. The second kappa shape index (κ2) is 6.39. The molecule has 0 aliphatic carbocycles. The van der Waals surface area contributed by atoms with E-state index < -0.39 is 0 Å². The number of halogens is 2. The van der Waals surface area contributed by atoms with Gasteiger partial charge in [0.2, 0.25) is 0 Å². The largest absolute Gasteiger partial charge is 0.298 e. The van der Waals surface area contributed by atoms with E-state index in [0.717, 1.165) is 11.1 Å². The van der Waals surface area contributed by atoms with Gasteiger partial charge in [0.15, 0.2) is 0 Å². The number of hydrogen-bond acceptors (Lipinski definition) is 1. The first kappa shape index (κ1) is 16.3. The van der Waals surface area contributed by atoms with Crippen LogP contribution >= 0.6 is 0 Å². The number of rotatable bonds is 4. The third-order valence-corrected chi connectivity index (χ3v) is 4.22. The lowest BCUT2D eigenvalue weighted by Crippen LogP contribution is -2.17. The number of benzene rings is 2. The van der Waals surface area contributed by atoms with Gasteiger partial charge in [-0.25, -0.2) is 8.78 Å². The zero-order valence-corrected chi connectivity index (χ0v) is 13.3. The van der Waals surface area contributed by atoms with E-state index in [1.165, 1.54) is 12.1 Å². The number of carbonyl (C=O) groups is 1. The minimum absolute atomic E-state index is 0.0389. The van der Waals surface area contributed by atoms with Gasteiger partial charge in [-0.1, -0.05) is 38.1 Å². The number of ketones is 1. The Morgan fingerprint density at radius 2 is 1.18 bits per heavy atom. The predicted molar refractivity (Wildman–Crippen MR) is 84.1 cm³/mol. The van der Waals surface area contributed by atoms with Crippen molar-refractivity contribution in [2.24, 2.45) is 0 Å². The molecule has 22 heavy (non-hydrogen) atoms. The molecule has 2 unspecified atom stereocenters. The summed E-state index contributed by atoms with van der Waals surface area (Å²) in [4.78, 5) is 12.6. The van der Waals surface area contributed by atoms with Crippen LogP contribution in [0, 0.1) is 25.5 Å². The van der Waals surface area contributed by atoms with Gasteiger partial charge in [-0.3, -0.25) is 4.79 Å². The molecule has 0 saturated heterocycles. The lowest BCUT2D eigenvalue weighted by molar-refractivity contribution is -0.121. The predicted octanol–water partition coefficient (Wildman–Crippen LogP) is 5.06. The van der Waals surface area contributed by atoms with E-state index in [2.05, 4.69) is 0 Å². The third kappa shape index (κ3) is 3.24. The van der Waals surface area contributed by atoms with E-state index in [-0.39, 0.29) is 29.3 Å². The molecule has 0 heterocycles. The SMILES string of the molecule is Cc1cc(C(C)C(=O)C(C)c2ccc(F)c(C)c2)ccc1F. The normalized spacial score (nSPS) is 13.7. The maximum atomic E-state index is 13.3. The topological polar surface area (TPSA) is 17.1 Å². The fourth-order valence-electron chi connectivity index (χ4n) is 2.58. The highest BCUT2D eigenvalue weighted by molar-refractivity contribution is 5.91.